The van der Waals surface area contributed by atoms with Crippen molar-refractivity contribution in [3.05, 3.63) is 30.1 Å². The van der Waals surface area contributed by atoms with Gasteiger partial charge in [0.05, 0.1) is 11.0 Å². The third-order valence-electron chi connectivity index (χ3n) is 3.05. The third-order valence-corrected chi connectivity index (χ3v) is 3.05. The third kappa shape index (κ3) is 3.09. The predicted molar refractivity (Wildman–Crippen MR) is 72.3 cm³/mol. The summed E-state index contributed by atoms with van der Waals surface area (Å²) in [6.07, 6.45) is 2.08. The SMILES string of the molecule is CCC(C)NC(=O)CCc1nc2ccccc2[nH]1. The lowest BCUT2D eigenvalue weighted by Gasteiger charge is -2.10. The molecule has 0 saturated carbocycles. The van der Waals surface area contributed by atoms with Crippen LogP contribution in [0, 0.1) is 0 Å². The number of rotatable bonds is 5. The summed E-state index contributed by atoms with van der Waals surface area (Å²) in [7, 11) is 0. The highest BCUT2D eigenvalue weighted by Gasteiger charge is 2.07. The van der Waals surface area contributed by atoms with E-state index < -0.39 is 0 Å². The van der Waals surface area contributed by atoms with E-state index >= 15 is 0 Å². The number of aromatic amines is 1. The average molecular weight is 245 g/mol. The van der Waals surface area contributed by atoms with Gasteiger partial charge in [-0.05, 0) is 25.5 Å². The smallest absolute Gasteiger partial charge is 0.220 e. The highest BCUT2D eigenvalue weighted by Crippen LogP contribution is 2.11. The molecule has 18 heavy (non-hydrogen) atoms. The van der Waals surface area contributed by atoms with Gasteiger partial charge in [0.2, 0.25) is 5.91 Å². The van der Waals surface area contributed by atoms with Crippen molar-refractivity contribution in [1.82, 2.24) is 15.3 Å². The summed E-state index contributed by atoms with van der Waals surface area (Å²) in [4.78, 5) is 19.3. The average Bonchev–Trinajstić information content (AvgIpc) is 2.79. The number of aryl methyl sites for hydroxylation is 1. The Kier molecular flexibility index (Phi) is 3.97. The zero-order valence-corrected chi connectivity index (χ0v) is 10.9. The van der Waals surface area contributed by atoms with Crippen LogP contribution in [0.15, 0.2) is 24.3 Å². The Balaban J connectivity index is 1.92. The van der Waals surface area contributed by atoms with Crippen LogP contribution in [0.5, 0.6) is 0 Å². The maximum atomic E-state index is 11.6. The fraction of sp³-hybridized carbons (Fsp3) is 0.429. The molecule has 96 valence electrons. The molecule has 0 aliphatic rings. The first kappa shape index (κ1) is 12.6. The molecule has 4 nitrogen and oxygen atoms in total. The fourth-order valence-corrected chi connectivity index (χ4v) is 1.81. The number of imidazole rings is 1. The van der Waals surface area contributed by atoms with E-state index in [1.54, 1.807) is 0 Å². The number of amides is 1. The molecule has 1 aromatic carbocycles. The van der Waals surface area contributed by atoms with E-state index in [9.17, 15) is 4.79 Å². The number of fused-ring (bicyclic) bond motifs is 1. The molecule has 0 aliphatic heterocycles. The largest absolute Gasteiger partial charge is 0.354 e. The van der Waals surface area contributed by atoms with Crippen LogP contribution in [0.3, 0.4) is 0 Å². The Morgan fingerprint density at radius 3 is 2.94 bits per heavy atom. The maximum Gasteiger partial charge on any atom is 0.220 e. The van der Waals surface area contributed by atoms with Gasteiger partial charge in [-0.1, -0.05) is 19.1 Å². The second-order valence-electron chi connectivity index (χ2n) is 4.58. The van der Waals surface area contributed by atoms with Crippen molar-refractivity contribution in [2.45, 2.75) is 39.2 Å². The molecule has 0 radical (unpaired) electrons. The minimum atomic E-state index is 0.0878. The van der Waals surface area contributed by atoms with Crippen LogP contribution in [0.4, 0.5) is 0 Å². The minimum absolute atomic E-state index is 0.0878. The molecule has 1 heterocycles. The number of carbonyl (C=O) groups excluding carboxylic acids is 1. The molecular weight excluding hydrogens is 226 g/mol. The van der Waals surface area contributed by atoms with Crippen LogP contribution in [0.1, 0.15) is 32.5 Å². The van der Waals surface area contributed by atoms with Crippen molar-refractivity contribution in [2.75, 3.05) is 0 Å². The summed E-state index contributed by atoms with van der Waals surface area (Å²) in [6.45, 7) is 4.07. The second kappa shape index (κ2) is 5.67. The van der Waals surface area contributed by atoms with Crippen LogP contribution in [-0.4, -0.2) is 21.9 Å². The topological polar surface area (TPSA) is 57.8 Å². The molecule has 4 heteroatoms. The molecule has 1 unspecified atom stereocenters. The van der Waals surface area contributed by atoms with Gasteiger partial charge >= 0.3 is 0 Å². The first-order valence-corrected chi connectivity index (χ1v) is 6.42. The number of aromatic nitrogens is 2. The van der Waals surface area contributed by atoms with E-state index in [1.165, 1.54) is 0 Å². The zero-order chi connectivity index (χ0) is 13.0. The second-order valence-corrected chi connectivity index (χ2v) is 4.58. The van der Waals surface area contributed by atoms with Crippen molar-refractivity contribution < 1.29 is 4.79 Å². The van der Waals surface area contributed by atoms with E-state index in [-0.39, 0.29) is 11.9 Å². The van der Waals surface area contributed by atoms with Crippen LogP contribution in [0.2, 0.25) is 0 Å². The number of hydrogen-bond acceptors (Lipinski definition) is 2. The summed E-state index contributed by atoms with van der Waals surface area (Å²) in [5, 5.41) is 2.95. The Morgan fingerprint density at radius 1 is 1.44 bits per heavy atom. The molecule has 2 N–H and O–H groups in total. The normalized spacial score (nSPS) is 12.6. The molecule has 0 bridgehead atoms. The number of H-pyrrole nitrogens is 1. The molecular formula is C14H19N3O. The summed E-state index contributed by atoms with van der Waals surface area (Å²) in [5.74, 6) is 0.959. The molecule has 0 fully saturated rings. The predicted octanol–water partition coefficient (Wildman–Crippen LogP) is 2.41. The molecule has 0 spiro atoms. The lowest BCUT2D eigenvalue weighted by atomic mass is 10.2. The van der Waals surface area contributed by atoms with Gasteiger partial charge in [0.1, 0.15) is 5.82 Å². The van der Waals surface area contributed by atoms with Gasteiger partial charge in [-0.15, -0.1) is 0 Å². The van der Waals surface area contributed by atoms with Crippen molar-refractivity contribution in [3.8, 4) is 0 Å². The van der Waals surface area contributed by atoms with Crippen molar-refractivity contribution in [3.63, 3.8) is 0 Å². The molecule has 2 aromatic rings. The Morgan fingerprint density at radius 2 is 2.22 bits per heavy atom. The monoisotopic (exact) mass is 245 g/mol. The number of nitrogens with zero attached hydrogens (tertiary/aromatic N) is 1. The van der Waals surface area contributed by atoms with Crippen LogP contribution < -0.4 is 5.32 Å². The van der Waals surface area contributed by atoms with Gasteiger partial charge in [-0.2, -0.15) is 0 Å². The zero-order valence-electron chi connectivity index (χ0n) is 10.9. The Labute approximate surface area is 107 Å². The van der Waals surface area contributed by atoms with E-state index in [2.05, 4.69) is 22.2 Å². The number of nitrogens with one attached hydrogen (secondary N) is 2. The van der Waals surface area contributed by atoms with Crippen LogP contribution in [0.25, 0.3) is 11.0 Å². The van der Waals surface area contributed by atoms with Gasteiger partial charge in [-0.3, -0.25) is 4.79 Å². The van der Waals surface area contributed by atoms with Crippen molar-refractivity contribution >= 4 is 16.9 Å². The lowest BCUT2D eigenvalue weighted by Crippen LogP contribution is -2.32. The van der Waals surface area contributed by atoms with Crippen molar-refractivity contribution in [2.24, 2.45) is 0 Å². The van der Waals surface area contributed by atoms with Crippen LogP contribution >= 0.6 is 0 Å². The summed E-state index contributed by atoms with van der Waals surface area (Å²) in [5.41, 5.74) is 1.98. The molecule has 1 aromatic heterocycles. The lowest BCUT2D eigenvalue weighted by molar-refractivity contribution is -0.121. The number of benzene rings is 1. The van der Waals surface area contributed by atoms with Gasteiger partial charge in [0, 0.05) is 18.9 Å². The quantitative estimate of drug-likeness (QED) is 0.850. The highest BCUT2D eigenvalue weighted by atomic mass is 16.1. The summed E-state index contributed by atoms with van der Waals surface area (Å²) >= 11 is 0. The van der Waals surface area contributed by atoms with E-state index in [4.69, 9.17) is 0 Å². The number of hydrogen-bond donors (Lipinski definition) is 2. The molecule has 0 aliphatic carbocycles. The Bertz CT molecular complexity index is 500. The molecule has 2 rings (SSSR count). The van der Waals surface area contributed by atoms with E-state index in [0.717, 1.165) is 23.3 Å². The molecule has 1 atom stereocenters. The first-order chi connectivity index (χ1) is 8.69. The fourth-order valence-electron chi connectivity index (χ4n) is 1.81. The standard InChI is InChI=1S/C14H19N3O/c1-3-10(2)15-14(18)9-8-13-16-11-6-4-5-7-12(11)17-13/h4-7,10H,3,8-9H2,1-2H3,(H,15,18)(H,16,17). The van der Waals surface area contributed by atoms with Gasteiger partial charge in [0.25, 0.3) is 0 Å². The van der Waals surface area contributed by atoms with Crippen LogP contribution in [-0.2, 0) is 11.2 Å². The van der Waals surface area contributed by atoms with Crippen molar-refractivity contribution in [1.29, 1.82) is 0 Å². The molecule has 1 amide bonds. The molecule has 0 saturated heterocycles. The van der Waals surface area contributed by atoms with Gasteiger partial charge in [-0.25, -0.2) is 4.98 Å². The Hall–Kier alpha value is -1.84. The maximum absolute atomic E-state index is 11.6. The summed E-state index contributed by atoms with van der Waals surface area (Å²) in [6, 6.07) is 8.13. The highest BCUT2D eigenvalue weighted by molar-refractivity contribution is 5.77. The number of carbonyl (C=O) groups is 1. The summed E-state index contributed by atoms with van der Waals surface area (Å²) < 4.78 is 0. The number of para-hydroxylation sites is 2. The van der Waals surface area contributed by atoms with Gasteiger partial charge in [0.15, 0.2) is 0 Å². The van der Waals surface area contributed by atoms with E-state index in [0.29, 0.717) is 12.8 Å². The van der Waals surface area contributed by atoms with Gasteiger partial charge < -0.3 is 10.3 Å². The minimum Gasteiger partial charge on any atom is -0.354 e. The first-order valence-electron chi connectivity index (χ1n) is 6.42. The van der Waals surface area contributed by atoms with E-state index in [1.807, 2.05) is 31.2 Å².